The molecule has 0 spiro atoms. The van der Waals surface area contributed by atoms with E-state index in [0.717, 1.165) is 30.4 Å². The number of nitrogens with two attached hydrogens (primary N) is 1. The molecule has 0 heterocycles. The number of nitrogens with zero attached hydrogens (tertiary/aromatic N) is 2. The van der Waals surface area contributed by atoms with Gasteiger partial charge in [0.1, 0.15) is 18.2 Å². The van der Waals surface area contributed by atoms with Crippen molar-refractivity contribution in [3.05, 3.63) is 100 Å². The van der Waals surface area contributed by atoms with E-state index in [9.17, 15) is 19.1 Å². The summed E-state index contributed by atoms with van der Waals surface area (Å²) in [7, 11) is 0. The minimum absolute atomic E-state index is 0.00835. The molecule has 3 aromatic rings. The Morgan fingerprint density at radius 2 is 1.49 bits per heavy atom. The van der Waals surface area contributed by atoms with Gasteiger partial charge in [-0.05, 0) is 85.5 Å². The molecule has 2 atom stereocenters. The van der Waals surface area contributed by atoms with E-state index in [0.29, 0.717) is 54.6 Å². The largest absolute Gasteiger partial charge is 0.489 e. The van der Waals surface area contributed by atoms with Crippen molar-refractivity contribution in [2.75, 3.05) is 26.2 Å². The number of aliphatic hydroxyl groups is 1. The van der Waals surface area contributed by atoms with Gasteiger partial charge in [0, 0.05) is 49.4 Å². The fraction of sp³-hybridized carbons (Fsp3) is 0.459. The van der Waals surface area contributed by atoms with Crippen LogP contribution in [0.25, 0.3) is 0 Å². The highest BCUT2D eigenvalue weighted by Crippen LogP contribution is 2.21. The molecular weight excluding hydrogens is 569 g/mol. The molecule has 0 aliphatic rings. The molecular formula is C37H50FN3O4. The number of amides is 2. The van der Waals surface area contributed by atoms with E-state index in [-0.39, 0.29) is 24.8 Å². The lowest BCUT2D eigenvalue weighted by molar-refractivity contribution is 0.0563. The molecule has 3 N–H and O–H groups in total. The molecule has 2 amide bonds. The lowest BCUT2D eigenvalue weighted by Crippen LogP contribution is -2.47. The Labute approximate surface area is 268 Å². The summed E-state index contributed by atoms with van der Waals surface area (Å²) in [5.74, 6) is -0.0919. The first kappa shape index (κ1) is 35.7. The van der Waals surface area contributed by atoms with Crippen LogP contribution in [0.15, 0.2) is 66.7 Å². The molecule has 0 aliphatic carbocycles. The quantitative estimate of drug-likeness (QED) is 0.183. The lowest BCUT2D eigenvalue weighted by atomic mass is 10.00. The topological polar surface area (TPSA) is 96.1 Å². The van der Waals surface area contributed by atoms with Gasteiger partial charge >= 0.3 is 0 Å². The van der Waals surface area contributed by atoms with Crippen molar-refractivity contribution < 1.29 is 23.8 Å². The molecule has 3 rings (SSSR count). The standard InChI is InChI=1S/C37H50FN3O4/c1-6-14-40(15-7-2)36(43)30-17-27(5)18-31(22-30)37(44)41(16-13-26(3)4)24-35(42)34(39)21-29-19-32(38)23-33(20-29)45-25-28-11-9-8-10-12-28/h8-12,17-20,22-23,26,34-35,42H,6-7,13-16,21,24-25,39H2,1-5H3/t34-,35+/m0/s1. The van der Waals surface area contributed by atoms with Crippen molar-refractivity contribution in [3.63, 3.8) is 0 Å². The highest BCUT2D eigenvalue weighted by molar-refractivity contribution is 6.00. The number of aliphatic hydroxyl groups excluding tert-OH is 1. The first-order chi connectivity index (χ1) is 21.5. The van der Waals surface area contributed by atoms with E-state index in [1.54, 1.807) is 23.1 Å². The fourth-order valence-electron chi connectivity index (χ4n) is 5.27. The summed E-state index contributed by atoms with van der Waals surface area (Å²) in [6.07, 6.45) is 1.57. The Kier molecular flexibility index (Phi) is 14.0. The van der Waals surface area contributed by atoms with Crippen molar-refractivity contribution in [2.24, 2.45) is 11.7 Å². The molecule has 45 heavy (non-hydrogen) atoms. The molecule has 0 fully saturated rings. The Hall–Kier alpha value is -3.75. The van der Waals surface area contributed by atoms with Gasteiger partial charge in [-0.25, -0.2) is 4.39 Å². The predicted octanol–water partition coefficient (Wildman–Crippen LogP) is 6.39. The van der Waals surface area contributed by atoms with Crippen molar-refractivity contribution in [1.29, 1.82) is 0 Å². The predicted molar refractivity (Wildman–Crippen MR) is 178 cm³/mol. The number of carbonyl (C=O) groups is 2. The summed E-state index contributed by atoms with van der Waals surface area (Å²) in [4.78, 5) is 30.7. The van der Waals surface area contributed by atoms with Gasteiger partial charge in [-0.15, -0.1) is 0 Å². The number of rotatable bonds is 17. The maximum Gasteiger partial charge on any atom is 0.253 e. The van der Waals surface area contributed by atoms with Crippen LogP contribution in [-0.4, -0.2) is 65.0 Å². The smallest absolute Gasteiger partial charge is 0.253 e. The minimum Gasteiger partial charge on any atom is -0.489 e. The maximum atomic E-state index is 14.5. The Morgan fingerprint density at radius 3 is 2.09 bits per heavy atom. The average molecular weight is 620 g/mol. The number of hydrogen-bond donors (Lipinski definition) is 2. The molecule has 0 saturated carbocycles. The second-order valence-corrected chi connectivity index (χ2v) is 12.3. The number of ether oxygens (including phenoxy) is 1. The van der Waals surface area contributed by atoms with Crippen LogP contribution < -0.4 is 10.5 Å². The van der Waals surface area contributed by atoms with Gasteiger partial charge in [0.15, 0.2) is 0 Å². The number of carbonyl (C=O) groups excluding carboxylic acids is 2. The molecule has 7 nitrogen and oxygen atoms in total. The number of aryl methyl sites for hydroxylation is 1. The SMILES string of the molecule is CCCN(CCC)C(=O)c1cc(C)cc(C(=O)N(CCC(C)C)C[C@@H](O)[C@@H](N)Cc2cc(F)cc(OCc3ccccc3)c2)c1. The van der Waals surface area contributed by atoms with Crippen LogP contribution in [0, 0.1) is 18.7 Å². The first-order valence-corrected chi connectivity index (χ1v) is 16.1. The van der Waals surface area contributed by atoms with Crippen LogP contribution >= 0.6 is 0 Å². The lowest BCUT2D eigenvalue weighted by Gasteiger charge is -2.29. The van der Waals surface area contributed by atoms with Gasteiger partial charge in [0.05, 0.1) is 6.10 Å². The molecule has 3 aromatic carbocycles. The van der Waals surface area contributed by atoms with Gasteiger partial charge in [0.25, 0.3) is 11.8 Å². The maximum absolute atomic E-state index is 14.5. The summed E-state index contributed by atoms with van der Waals surface area (Å²) in [6, 6.07) is 18.6. The zero-order valence-corrected chi connectivity index (χ0v) is 27.5. The first-order valence-electron chi connectivity index (χ1n) is 16.1. The van der Waals surface area contributed by atoms with Crippen molar-refractivity contribution in [1.82, 2.24) is 9.80 Å². The van der Waals surface area contributed by atoms with Crippen LogP contribution in [0.2, 0.25) is 0 Å². The van der Waals surface area contributed by atoms with Gasteiger partial charge < -0.3 is 25.4 Å². The Morgan fingerprint density at radius 1 is 0.867 bits per heavy atom. The molecule has 244 valence electrons. The molecule has 0 aromatic heterocycles. The fourth-order valence-corrected chi connectivity index (χ4v) is 5.27. The van der Waals surface area contributed by atoms with Crippen molar-refractivity contribution in [3.8, 4) is 5.75 Å². The Bertz CT molecular complexity index is 1380. The van der Waals surface area contributed by atoms with Gasteiger partial charge in [-0.1, -0.05) is 58.0 Å². The molecule has 0 unspecified atom stereocenters. The minimum atomic E-state index is -1.06. The molecule has 0 aliphatic heterocycles. The zero-order chi connectivity index (χ0) is 32.9. The monoisotopic (exact) mass is 619 g/mol. The third-order valence-corrected chi connectivity index (χ3v) is 7.66. The molecule has 0 bridgehead atoms. The van der Waals surface area contributed by atoms with Crippen LogP contribution in [0.4, 0.5) is 4.39 Å². The third kappa shape index (κ3) is 11.3. The molecule has 0 saturated heterocycles. The average Bonchev–Trinajstić information content (AvgIpc) is 3.01. The number of hydrogen-bond acceptors (Lipinski definition) is 5. The van der Waals surface area contributed by atoms with Gasteiger partial charge in [0.2, 0.25) is 0 Å². The summed E-state index contributed by atoms with van der Waals surface area (Å²) >= 11 is 0. The summed E-state index contributed by atoms with van der Waals surface area (Å²) in [6.45, 7) is 12.1. The normalized spacial score (nSPS) is 12.6. The van der Waals surface area contributed by atoms with E-state index in [2.05, 4.69) is 13.8 Å². The second-order valence-electron chi connectivity index (χ2n) is 12.3. The van der Waals surface area contributed by atoms with Crippen LogP contribution in [0.3, 0.4) is 0 Å². The van der Waals surface area contributed by atoms with E-state index >= 15 is 0 Å². The van der Waals surface area contributed by atoms with Gasteiger partial charge in [-0.3, -0.25) is 9.59 Å². The highest BCUT2D eigenvalue weighted by Gasteiger charge is 2.25. The van der Waals surface area contributed by atoms with Crippen LogP contribution in [0.1, 0.15) is 84.4 Å². The van der Waals surface area contributed by atoms with Crippen LogP contribution in [0.5, 0.6) is 5.75 Å². The van der Waals surface area contributed by atoms with Gasteiger partial charge in [-0.2, -0.15) is 0 Å². The Balaban J connectivity index is 1.75. The van der Waals surface area contributed by atoms with E-state index < -0.39 is 18.0 Å². The van der Waals surface area contributed by atoms with E-state index in [4.69, 9.17) is 10.5 Å². The highest BCUT2D eigenvalue weighted by atomic mass is 19.1. The summed E-state index contributed by atoms with van der Waals surface area (Å²) < 4.78 is 20.3. The number of halogens is 1. The van der Waals surface area contributed by atoms with Crippen molar-refractivity contribution in [2.45, 2.75) is 79.1 Å². The second kappa shape index (κ2) is 17.7. The molecule has 8 heteroatoms. The van der Waals surface area contributed by atoms with E-state index in [1.165, 1.54) is 12.1 Å². The van der Waals surface area contributed by atoms with Crippen LogP contribution in [-0.2, 0) is 13.0 Å². The number of benzene rings is 3. The summed E-state index contributed by atoms with van der Waals surface area (Å²) in [5.41, 5.74) is 9.69. The van der Waals surface area contributed by atoms with Crippen molar-refractivity contribution >= 4 is 11.8 Å². The van der Waals surface area contributed by atoms with E-state index in [1.807, 2.05) is 62.1 Å². The molecule has 0 radical (unpaired) electrons. The zero-order valence-electron chi connectivity index (χ0n) is 27.5. The third-order valence-electron chi connectivity index (χ3n) is 7.66. The summed E-state index contributed by atoms with van der Waals surface area (Å²) in [5, 5.41) is 11.2.